The summed E-state index contributed by atoms with van der Waals surface area (Å²) in [6.45, 7) is 3.01. The van der Waals surface area contributed by atoms with Crippen molar-refractivity contribution in [3.63, 3.8) is 0 Å². The maximum absolute atomic E-state index is 5.41. The average molecular weight is 294 g/mol. The molecule has 0 aliphatic heterocycles. The topological polar surface area (TPSA) is 24.1 Å². The van der Waals surface area contributed by atoms with Crippen molar-refractivity contribution in [2.75, 3.05) is 11.9 Å². The van der Waals surface area contributed by atoms with E-state index >= 15 is 0 Å². The fraction of sp³-hybridized carbons (Fsp3) is 0.167. The molecule has 0 aromatic heterocycles. The Labute approximate surface area is 130 Å². The molecule has 0 atom stereocenters. The third-order valence-electron chi connectivity index (χ3n) is 3.55. The van der Waals surface area contributed by atoms with E-state index in [4.69, 9.17) is 12.2 Å². The van der Waals surface area contributed by atoms with Gasteiger partial charge in [-0.2, -0.15) is 0 Å². The molecule has 3 rings (SSSR count). The number of rotatable bonds is 3. The smallest absolute Gasteiger partial charge is 0.170 e. The van der Waals surface area contributed by atoms with E-state index in [1.54, 1.807) is 0 Å². The highest BCUT2D eigenvalue weighted by Crippen LogP contribution is 2.32. The number of benzene rings is 3. The molecule has 0 amide bonds. The summed E-state index contributed by atoms with van der Waals surface area (Å²) in [6, 6.07) is 19.0. The van der Waals surface area contributed by atoms with E-state index in [2.05, 4.69) is 72.2 Å². The van der Waals surface area contributed by atoms with Crippen LogP contribution in [0.4, 0.5) is 5.69 Å². The van der Waals surface area contributed by atoms with Crippen molar-refractivity contribution in [3.8, 4) is 0 Å². The molecule has 0 fully saturated rings. The molecule has 0 heterocycles. The number of anilines is 1. The largest absolute Gasteiger partial charge is 0.362 e. The monoisotopic (exact) mass is 294 g/mol. The van der Waals surface area contributed by atoms with Gasteiger partial charge in [0, 0.05) is 17.3 Å². The lowest BCUT2D eigenvalue weighted by Crippen LogP contribution is -2.29. The first kappa shape index (κ1) is 13.8. The second-order valence-corrected chi connectivity index (χ2v) is 5.48. The minimum Gasteiger partial charge on any atom is -0.362 e. The van der Waals surface area contributed by atoms with Crippen LogP contribution in [-0.4, -0.2) is 11.7 Å². The van der Waals surface area contributed by atoms with Gasteiger partial charge in [0.05, 0.1) is 5.69 Å². The Morgan fingerprint density at radius 1 is 0.952 bits per heavy atom. The van der Waals surface area contributed by atoms with Gasteiger partial charge in [0.15, 0.2) is 5.11 Å². The van der Waals surface area contributed by atoms with Crippen LogP contribution in [0.3, 0.4) is 0 Å². The summed E-state index contributed by atoms with van der Waals surface area (Å²) in [5.74, 6) is 0. The highest BCUT2D eigenvalue weighted by molar-refractivity contribution is 7.80. The van der Waals surface area contributed by atoms with Crippen molar-refractivity contribution in [1.82, 2.24) is 5.32 Å². The minimum absolute atomic E-state index is 0.679. The fourth-order valence-electron chi connectivity index (χ4n) is 2.54. The van der Waals surface area contributed by atoms with Crippen LogP contribution in [-0.2, 0) is 0 Å². The molecule has 2 N–H and O–H groups in total. The molecule has 0 bridgehead atoms. The van der Waals surface area contributed by atoms with E-state index < -0.39 is 0 Å². The van der Waals surface area contributed by atoms with E-state index in [0.717, 1.165) is 18.7 Å². The van der Waals surface area contributed by atoms with Gasteiger partial charge in [0.1, 0.15) is 0 Å². The first-order chi connectivity index (χ1) is 10.3. The lowest BCUT2D eigenvalue weighted by atomic mass is 10.0. The minimum atomic E-state index is 0.679. The predicted molar refractivity (Wildman–Crippen MR) is 96.0 cm³/mol. The van der Waals surface area contributed by atoms with Crippen LogP contribution in [0, 0.1) is 0 Å². The fourth-order valence-corrected chi connectivity index (χ4v) is 2.75. The zero-order valence-electron chi connectivity index (χ0n) is 12.0. The van der Waals surface area contributed by atoms with Crippen LogP contribution >= 0.6 is 12.2 Å². The summed E-state index contributed by atoms with van der Waals surface area (Å²) in [6.07, 6.45) is 1.05. The van der Waals surface area contributed by atoms with Gasteiger partial charge in [-0.25, -0.2) is 0 Å². The van der Waals surface area contributed by atoms with Crippen LogP contribution in [0.15, 0.2) is 54.6 Å². The maximum atomic E-state index is 5.41. The summed E-state index contributed by atoms with van der Waals surface area (Å²) < 4.78 is 0. The first-order valence-electron chi connectivity index (χ1n) is 7.25. The van der Waals surface area contributed by atoms with E-state index in [1.807, 2.05) is 0 Å². The Morgan fingerprint density at radius 3 is 2.10 bits per heavy atom. The van der Waals surface area contributed by atoms with Crippen molar-refractivity contribution in [2.45, 2.75) is 13.3 Å². The predicted octanol–water partition coefficient (Wildman–Crippen LogP) is 4.69. The number of hydrogen-bond acceptors (Lipinski definition) is 1. The zero-order chi connectivity index (χ0) is 14.7. The lowest BCUT2D eigenvalue weighted by Gasteiger charge is -2.15. The molecule has 106 valence electrons. The number of fused-ring (bicyclic) bond motifs is 2. The van der Waals surface area contributed by atoms with E-state index in [9.17, 15) is 0 Å². The Bertz CT molecular complexity index is 741. The lowest BCUT2D eigenvalue weighted by molar-refractivity contribution is 0.847. The molecule has 3 aromatic rings. The van der Waals surface area contributed by atoms with Gasteiger partial charge in [-0.15, -0.1) is 0 Å². The average Bonchev–Trinajstić information content (AvgIpc) is 2.52. The zero-order valence-corrected chi connectivity index (χ0v) is 12.8. The number of nitrogens with one attached hydrogen (secondary N) is 2. The van der Waals surface area contributed by atoms with Gasteiger partial charge in [-0.05, 0) is 35.5 Å². The summed E-state index contributed by atoms with van der Waals surface area (Å²) in [7, 11) is 0. The summed E-state index contributed by atoms with van der Waals surface area (Å²) in [5.41, 5.74) is 1.08. The second-order valence-electron chi connectivity index (χ2n) is 5.07. The molecule has 0 aliphatic rings. The Balaban J connectivity index is 2.13. The van der Waals surface area contributed by atoms with Crippen molar-refractivity contribution >= 4 is 44.6 Å². The molecule has 0 spiro atoms. The molecule has 0 saturated heterocycles. The molecule has 3 heteroatoms. The van der Waals surface area contributed by atoms with Gasteiger partial charge in [0.2, 0.25) is 0 Å². The van der Waals surface area contributed by atoms with Crippen molar-refractivity contribution in [1.29, 1.82) is 0 Å². The van der Waals surface area contributed by atoms with Crippen molar-refractivity contribution in [2.24, 2.45) is 0 Å². The second kappa shape index (κ2) is 6.10. The van der Waals surface area contributed by atoms with Gasteiger partial charge in [0.25, 0.3) is 0 Å². The highest BCUT2D eigenvalue weighted by Gasteiger charge is 2.08. The van der Waals surface area contributed by atoms with Crippen molar-refractivity contribution < 1.29 is 0 Å². The SMILES string of the molecule is CCCNC(=S)Nc1c2ccccc2cc2ccccc12. The van der Waals surface area contributed by atoms with E-state index in [1.165, 1.54) is 21.5 Å². The van der Waals surface area contributed by atoms with Crippen LogP contribution in [0.2, 0.25) is 0 Å². The van der Waals surface area contributed by atoms with E-state index in [0.29, 0.717) is 5.11 Å². The molecular formula is C18H18N2S. The molecule has 3 aromatic carbocycles. The van der Waals surface area contributed by atoms with Gasteiger partial charge in [-0.1, -0.05) is 55.5 Å². The Kier molecular flexibility index (Phi) is 4.02. The Morgan fingerprint density at radius 2 is 1.52 bits per heavy atom. The molecular weight excluding hydrogens is 276 g/mol. The first-order valence-corrected chi connectivity index (χ1v) is 7.66. The van der Waals surface area contributed by atoms with Crippen LogP contribution in [0.5, 0.6) is 0 Å². The van der Waals surface area contributed by atoms with Gasteiger partial charge >= 0.3 is 0 Å². The maximum Gasteiger partial charge on any atom is 0.170 e. The summed E-state index contributed by atoms with van der Waals surface area (Å²) >= 11 is 5.41. The molecule has 2 nitrogen and oxygen atoms in total. The molecule has 21 heavy (non-hydrogen) atoms. The van der Waals surface area contributed by atoms with Gasteiger partial charge in [-0.3, -0.25) is 0 Å². The number of hydrogen-bond donors (Lipinski definition) is 2. The van der Waals surface area contributed by atoms with Crippen LogP contribution in [0.25, 0.3) is 21.5 Å². The molecule has 0 saturated carbocycles. The summed E-state index contributed by atoms with van der Waals surface area (Å²) in [5, 5.41) is 12.1. The third kappa shape index (κ3) is 2.83. The third-order valence-corrected chi connectivity index (χ3v) is 3.79. The van der Waals surface area contributed by atoms with Crippen molar-refractivity contribution in [3.05, 3.63) is 54.6 Å². The normalized spacial score (nSPS) is 10.7. The molecule has 0 radical (unpaired) electrons. The Hall–Kier alpha value is -2.13. The quantitative estimate of drug-likeness (QED) is 0.541. The van der Waals surface area contributed by atoms with Gasteiger partial charge < -0.3 is 10.6 Å². The molecule has 0 unspecified atom stereocenters. The highest BCUT2D eigenvalue weighted by atomic mass is 32.1. The molecule has 0 aliphatic carbocycles. The number of thiocarbonyl (C=S) groups is 1. The van der Waals surface area contributed by atoms with E-state index in [-0.39, 0.29) is 0 Å². The standard InChI is InChI=1S/C18H18N2S/c1-2-11-19-18(21)20-17-15-9-5-3-7-13(15)12-14-8-4-6-10-16(14)17/h3-10,12H,2,11H2,1H3,(H2,19,20,21). The van der Waals surface area contributed by atoms with Crippen LogP contribution < -0.4 is 10.6 Å². The summed E-state index contributed by atoms with van der Waals surface area (Å²) in [4.78, 5) is 0. The van der Waals surface area contributed by atoms with Crippen LogP contribution in [0.1, 0.15) is 13.3 Å².